The van der Waals surface area contributed by atoms with E-state index in [2.05, 4.69) is 36.5 Å². The third-order valence-corrected chi connectivity index (χ3v) is 2.99. The van der Waals surface area contributed by atoms with Crippen LogP contribution in [0.3, 0.4) is 0 Å². The first-order chi connectivity index (χ1) is 9.78. The van der Waals surface area contributed by atoms with Crippen molar-refractivity contribution in [1.29, 1.82) is 0 Å². The third-order valence-electron chi connectivity index (χ3n) is 2.99. The van der Waals surface area contributed by atoms with Gasteiger partial charge in [-0.15, -0.1) is 0 Å². The highest BCUT2D eigenvalue weighted by atomic mass is 16.5. The topological polar surface area (TPSA) is 30.5 Å². The number of aryl methyl sites for hydroxylation is 1. The number of ether oxygens (including phenoxy) is 2. The van der Waals surface area contributed by atoms with Crippen LogP contribution in [0.1, 0.15) is 11.1 Å². The molecule has 0 fully saturated rings. The fourth-order valence-corrected chi connectivity index (χ4v) is 1.94. The molecule has 20 heavy (non-hydrogen) atoms. The summed E-state index contributed by atoms with van der Waals surface area (Å²) in [4.78, 5) is 0. The van der Waals surface area contributed by atoms with Gasteiger partial charge in [0.1, 0.15) is 12.4 Å². The molecule has 2 aromatic carbocycles. The summed E-state index contributed by atoms with van der Waals surface area (Å²) in [5, 5.41) is 3.40. The zero-order valence-corrected chi connectivity index (χ0v) is 12.1. The Hall–Kier alpha value is -2.00. The lowest BCUT2D eigenvalue weighted by Gasteiger charge is -2.09. The van der Waals surface area contributed by atoms with Gasteiger partial charge >= 0.3 is 0 Å². The monoisotopic (exact) mass is 271 g/mol. The standard InChI is InChI=1S/C17H21NO2/c1-14-4-3-5-15(12-14)13-18-16-6-8-17(9-7-16)20-11-10-19-2/h3-9,12,18H,10-11,13H2,1-2H3. The van der Waals surface area contributed by atoms with Gasteiger partial charge in [0.2, 0.25) is 0 Å². The van der Waals surface area contributed by atoms with Gasteiger partial charge < -0.3 is 14.8 Å². The fourth-order valence-electron chi connectivity index (χ4n) is 1.94. The van der Waals surface area contributed by atoms with Crippen LogP contribution in [0.5, 0.6) is 5.75 Å². The van der Waals surface area contributed by atoms with E-state index < -0.39 is 0 Å². The predicted octanol–water partition coefficient (Wildman–Crippen LogP) is 3.63. The van der Waals surface area contributed by atoms with E-state index in [-0.39, 0.29) is 0 Å². The first-order valence-electron chi connectivity index (χ1n) is 6.79. The van der Waals surface area contributed by atoms with Crippen LogP contribution in [0.15, 0.2) is 48.5 Å². The van der Waals surface area contributed by atoms with E-state index in [9.17, 15) is 0 Å². The summed E-state index contributed by atoms with van der Waals surface area (Å²) in [6.07, 6.45) is 0. The molecule has 0 saturated heterocycles. The highest BCUT2D eigenvalue weighted by Gasteiger charge is 1.97. The number of nitrogens with one attached hydrogen (secondary N) is 1. The second kappa shape index (κ2) is 7.56. The number of hydrogen-bond acceptors (Lipinski definition) is 3. The van der Waals surface area contributed by atoms with Crippen molar-refractivity contribution in [1.82, 2.24) is 0 Å². The predicted molar refractivity (Wildman–Crippen MR) is 82.3 cm³/mol. The Kier molecular flexibility index (Phi) is 5.44. The summed E-state index contributed by atoms with van der Waals surface area (Å²) < 4.78 is 10.5. The van der Waals surface area contributed by atoms with Crippen molar-refractivity contribution < 1.29 is 9.47 Å². The first-order valence-corrected chi connectivity index (χ1v) is 6.79. The molecule has 3 nitrogen and oxygen atoms in total. The summed E-state index contributed by atoms with van der Waals surface area (Å²) >= 11 is 0. The lowest BCUT2D eigenvalue weighted by molar-refractivity contribution is 0.146. The SMILES string of the molecule is COCCOc1ccc(NCc2cccc(C)c2)cc1. The Labute approximate surface area is 120 Å². The van der Waals surface area contributed by atoms with Gasteiger partial charge in [-0.25, -0.2) is 0 Å². The summed E-state index contributed by atoms with van der Waals surface area (Å²) in [5.74, 6) is 0.864. The minimum Gasteiger partial charge on any atom is -0.491 e. The molecule has 0 aliphatic carbocycles. The molecule has 0 aliphatic heterocycles. The second-order valence-corrected chi connectivity index (χ2v) is 4.71. The van der Waals surface area contributed by atoms with Crippen LogP contribution in [0.4, 0.5) is 5.69 Å². The normalized spacial score (nSPS) is 10.3. The lowest BCUT2D eigenvalue weighted by atomic mass is 10.1. The van der Waals surface area contributed by atoms with Crippen LogP contribution in [0, 0.1) is 6.92 Å². The van der Waals surface area contributed by atoms with E-state index in [4.69, 9.17) is 9.47 Å². The van der Waals surface area contributed by atoms with Gasteiger partial charge in [-0.2, -0.15) is 0 Å². The summed E-state index contributed by atoms with van der Waals surface area (Å²) in [5.41, 5.74) is 3.65. The van der Waals surface area contributed by atoms with Gasteiger partial charge in [-0.1, -0.05) is 29.8 Å². The Morgan fingerprint density at radius 3 is 2.50 bits per heavy atom. The molecule has 0 aromatic heterocycles. The second-order valence-electron chi connectivity index (χ2n) is 4.71. The van der Waals surface area contributed by atoms with Crippen molar-refractivity contribution in [2.24, 2.45) is 0 Å². The molecule has 0 amide bonds. The number of hydrogen-bond donors (Lipinski definition) is 1. The molecule has 0 heterocycles. The van der Waals surface area contributed by atoms with Crippen molar-refractivity contribution in [3.63, 3.8) is 0 Å². The van der Waals surface area contributed by atoms with Crippen LogP contribution >= 0.6 is 0 Å². The average Bonchev–Trinajstić information content (AvgIpc) is 2.47. The molecule has 2 rings (SSSR count). The van der Waals surface area contributed by atoms with E-state index in [1.807, 2.05) is 24.3 Å². The quantitative estimate of drug-likeness (QED) is 0.780. The van der Waals surface area contributed by atoms with Crippen LogP contribution in [0.2, 0.25) is 0 Å². The van der Waals surface area contributed by atoms with Crippen LogP contribution < -0.4 is 10.1 Å². The zero-order chi connectivity index (χ0) is 14.2. The third kappa shape index (κ3) is 4.59. The van der Waals surface area contributed by atoms with Crippen molar-refractivity contribution in [3.05, 3.63) is 59.7 Å². The van der Waals surface area contributed by atoms with Gasteiger partial charge in [0.15, 0.2) is 0 Å². The maximum Gasteiger partial charge on any atom is 0.119 e. The van der Waals surface area contributed by atoms with Crippen LogP contribution in [-0.2, 0) is 11.3 Å². The van der Waals surface area contributed by atoms with E-state index in [0.717, 1.165) is 18.0 Å². The molecule has 0 aliphatic rings. The van der Waals surface area contributed by atoms with E-state index >= 15 is 0 Å². The molecule has 0 bridgehead atoms. The number of benzene rings is 2. The molecule has 1 N–H and O–H groups in total. The molecule has 0 unspecified atom stereocenters. The maximum atomic E-state index is 5.53. The summed E-state index contributed by atoms with van der Waals surface area (Å²) in [6, 6.07) is 16.5. The molecule has 0 spiro atoms. The van der Waals surface area contributed by atoms with Gasteiger partial charge in [-0.05, 0) is 36.8 Å². The summed E-state index contributed by atoms with van der Waals surface area (Å²) in [7, 11) is 1.67. The molecular formula is C17H21NO2. The minimum absolute atomic E-state index is 0.576. The van der Waals surface area contributed by atoms with Crippen molar-refractivity contribution in [2.45, 2.75) is 13.5 Å². The van der Waals surface area contributed by atoms with Crippen molar-refractivity contribution in [2.75, 3.05) is 25.6 Å². The van der Waals surface area contributed by atoms with Gasteiger partial charge in [0, 0.05) is 19.3 Å². The average molecular weight is 271 g/mol. The minimum atomic E-state index is 0.576. The highest BCUT2D eigenvalue weighted by Crippen LogP contribution is 2.16. The van der Waals surface area contributed by atoms with Crippen molar-refractivity contribution in [3.8, 4) is 5.75 Å². The largest absolute Gasteiger partial charge is 0.491 e. The molecule has 0 saturated carbocycles. The van der Waals surface area contributed by atoms with E-state index in [1.54, 1.807) is 7.11 Å². The molecular weight excluding hydrogens is 250 g/mol. The maximum absolute atomic E-state index is 5.53. The Balaban J connectivity index is 1.84. The van der Waals surface area contributed by atoms with E-state index in [1.165, 1.54) is 11.1 Å². The molecule has 3 heteroatoms. The molecule has 106 valence electrons. The lowest BCUT2D eigenvalue weighted by Crippen LogP contribution is -2.04. The fraction of sp³-hybridized carbons (Fsp3) is 0.294. The summed E-state index contributed by atoms with van der Waals surface area (Å²) in [6.45, 7) is 4.11. The number of rotatable bonds is 7. The smallest absolute Gasteiger partial charge is 0.119 e. The highest BCUT2D eigenvalue weighted by molar-refractivity contribution is 5.46. The molecule has 2 aromatic rings. The molecule has 0 atom stereocenters. The van der Waals surface area contributed by atoms with E-state index in [0.29, 0.717) is 13.2 Å². The Morgan fingerprint density at radius 1 is 1.00 bits per heavy atom. The van der Waals surface area contributed by atoms with Crippen molar-refractivity contribution >= 4 is 5.69 Å². The number of methoxy groups -OCH3 is 1. The first kappa shape index (κ1) is 14.4. The van der Waals surface area contributed by atoms with Gasteiger partial charge in [-0.3, -0.25) is 0 Å². The number of anilines is 1. The Morgan fingerprint density at radius 2 is 1.80 bits per heavy atom. The van der Waals surface area contributed by atoms with Crippen LogP contribution in [-0.4, -0.2) is 20.3 Å². The van der Waals surface area contributed by atoms with Gasteiger partial charge in [0.05, 0.1) is 6.61 Å². The molecule has 0 radical (unpaired) electrons. The van der Waals surface area contributed by atoms with Gasteiger partial charge in [0.25, 0.3) is 0 Å². The zero-order valence-electron chi connectivity index (χ0n) is 12.1. The Bertz CT molecular complexity index is 523. The van der Waals surface area contributed by atoms with Crippen LogP contribution in [0.25, 0.3) is 0 Å².